The van der Waals surface area contributed by atoms with Crippen LogP contribution in [0.4, 0.5) is 10.6 Å². The third-order valence-corrected chi connectivity index (χ3v) is 17.5. The number of hydrogen-bond acceptors (Lipinski definition) is 21. The quantitative estimate of drug-likeness (QED) is 0.0154. The van der Waals surface area contributed by atoms with Crippen molar-refractivity contribution >= 4 is 74.0 Å². The molecule has 30 nitrogen and oxygen atoms in total. The van der Waals surface area contributed by atoms with Crippen LogP contribution in [0.3, 0.4) is 0 Å². The Bertz CT molecular complexity index is 2650. The molecule has 4 fully saturated rings. The second-order valence-electron chi connectivity index (χ2n) is 19.1. The van der Waals surface area contributed by atoms with E-state index in [9.17, 15) is 63.3 Å². The number of amides is 6. The Kier molecular flexibility index (Phi) is 22.1. The van der Waals surface area contributed by atoms with Crippen LogP contribution in [0.15, 0.2) is 37.2 Å². The molecular formula is C45H69N12O18P2S+. The van der Waals surface area contributed by atoms with Gasteiger partial charge in [0, 0.05) is 62.5 Å². The van der Waals surface area contributed by atoms with Crippen molar-refractivity contribution in [3.63, 3.8) is 0 Å². The van der Waals surface area contributed by atoms with E-state index < -0.39 is 83.8 Å². The second kappa shape index (κ2) is 28.4. The molecule has 3 aromatic rings. The van der Waals surface area contributed by atoms with Gasteiger partial charge in [0.05, 0.1) is 31.6 Å². The number of phosphoric acid groups is 2. The van der Waals surface area contributed by atoms with E-state index in [1.807, 2.05) is 11.8 Å². The summed E-state index contributed by atoms with van der Waals surface area (Å²) in [5.41, 5.74) is 5.74. The summed E-state index contributed by atoms with van der Waals surface area (Å²) < 4.78 is 53.1. The summed E-state index contributed by atoms with van der Waals surface area (Å²) in [6.07, 6.45) is 1.13. The largest absolute Gasteiger partial charge is 0.481 e. The number of carbonyl (C=O) groups is 5. The smallest absolute Gasteiger partial charge is 0.387 e. The lowest BCUT2D eigenvalue weighted by Crippen LogP contribution is -2.46. The number of hydrogen-bond donors (Lipinski definition) is 13. The van der Waals surface area contributed by atoms with Gasteiger partial charge in [0.1, 0.15) is 42.4 Å². The van der Waals surface area contributed by atoms with Crippen LogP contribution in [0.5, 0.6) is 0 Å². The molecule has 3 aromatic heterocycles. The summed E-state index contributed by atoms with van der Waals surface area (Å²) in [6, 6.07) is 3.12. The molecule has 6 amide bonds. The van der Waals surface area contributed by atoms with Crippen molar-refractivity contribution in [2.75, 3.05) is 50.5 Å². The van der Waals surface area contributed by atoms with E-state index in [-0.39, 0.29) is 71.5 Å². The van der Waals surface area contributed by atoms with E-state index in [2.05, 4.69) is 51.2 Å². The van der Waals surface area contributed by atoms with E-state index >= 15 is 0 Å². The van der Waals surface area contributed by atoms with Crippen LogP contribution in [0, 0.1) is 0 Å². The Morgan fingerprint density at radius 3 is 2.05 bits per heavy atom. The van der Waals surface area contributed by atoms with Crippen molar-refractivity contribution in [3.05, 3.63) is 42.7 Å². The van der Waals surface area contributed by atoms with Crippen molar-refractivity contribution < 1.29 is 90.7 Å². The zero-order valence-electron chi connectivity index (χ0n) is 42.4. The second-order valence-corrected chi connectivity index (χ2v) is 23.4. The number of nitrogens with two attached hydrogens (primary N) is 1. The lowest BCUT2D eigenvalue weighted by atomic mass is 10.0. The number of pyridine rings is 1. The third-order valence-electron chi connectivity index (χ3n) is 13.3. The molecule has 0 aliphatic carbocycles. The Labute approximate surface area is 451 Å². The zero-order valence-corrected chi connectivity index (χ0v) is 45.1. The predicted octanol–water partition coefficient (Wildman–Crippen LogP) is -0.991. The average molecular weight is 1160 g/mol. The number of carbonyl (C=O) groups excluding carboxylic acids is 5. The van der Waals surface area contributed by atoms with Crippen molar-refractivity contribution in [2.45, 2.75) is 143 Å². The molecule has 0 saturated carbocycles. The molecule has 432 valence electrons. The number of rotatable bonds is 32. The van der Waals surface area contributed by atoms with Gasteiger partial charge in [0.2, 0.25) is 17.7 Å². The number of aromatic nitrogens is 5. The Morgan fingerprint density at radius 1 is 0.782 bits per heavy atom. The zero-order chi connectivity index (χ0) is 56.0. The fourth-order valence-electron chi connectivity index (χ4n) is 9.24. The van der Waals surface area contributed by atoms with E-state index in [0.717, 1.165) is 57.1 Å². The number of aliphatic hydroxyl groups is 4. The maximum atomic E-state index is 12.7. The first-order chi connectivity index (χ1) is 37.3. The molecule has 0 spiro atoms. The standard InChI is InChI=1S/C45H68N12O18P2S/c46-40(65)26-10-9-19-56(20-26)43-38(63)36(61)28(73-43)21-71-76(67,68)75-77(69,70)72-22-29-37(62)39(64)44(74-29)57-25-53-35-41(51-24-52-42(35)57)50-18-17-49-33(60)13-4-2-8-15-47-31(58)12-3-1-7-16-48-32(59)14-6-5-11-30-34-27(23-78-30)54-45(66)55-34/h9-10,19-20,24-25,27-30,34,36-39,43-44,61-64H,1-8,11-18,21-23H2,(H9-,46,47,48,49,50,51,52,54,55,58,59,60,65,66,67,68,69,70)/p+1. The van der Waals surface area contributed by atoms with Gasteiger partial charge in [-0.25, -0.2) is 28.9 Å². The minimum atomic E-state index is -5.46. The highest BCUT2D eigenvalue weighted by Gasteiger charge is 2.50. The number of ether oxygens (including phenoxy) is 2. The Hall–Kier alpha value is -4.98. The molecule has 13 atom stereocenters. The molecule has 0 aromatic carbocycles. The molecule has 0 radical (unpaired) electrons. The maximum absolute atomic E-state index is 12.7. The topological polar surface area (TPSA) is 433 Å². The molecule has 4 saturated heterocycles. The van der Waals surface area contributed by atoms with Crippen molar-refractivity contribution in [3.8, 4) is 0 Å². The van der Waals surface area contributed by atoms with Crippen LogP contribution >= 0.6 is 27.4 Å². The van der Waals surface area contributed by atoms with Crippen LogP contribution in [0.2, 0.25) is 0 Å². The fraction of sp³-hybridized carbons (Fsp3) is 0.667. The molecule has 78 heavy (non-hydrogen) atoms. The van der Waals surface area contributed by atoms with E-state index in [1.54, 1.807) is 0 Å². The van der Waals surface area contributed by atoms with Gasteiger partial charge >= 0.3 is 21.7 Å². The van der Waals surface area contributed by atoms with Gasteiger partial charge in [0.25, 0.3) is 12.1 Å². The number of primary amides is 1. The number of fused-ring (bicyclic) bond motifs is 2. The first-order valence-electron chi connectivity index (χ1n) is 25.7. The molecule has 7 rings (SSSR count). The summed E-state index contributed by atoms with van der Waals surface area (Å²) in [5.74, 6) is 0.263. The van der Waals surface area contributed by atoms with Crippen molar-refractivity contribution in [1.82, 2.24) is 46.1 Å². The molecule has 33 heteroatoms. The van der Waals surface area contributed by atoms with Gasteiger partial charge < -0.3 is 77.3 Å². The predicted molar refractivity (Wildman–Crippen MR) is 273 cm³/mol. The highest BCUT2D eigenvalue weighted by Crippen LogP contribution is 2.61. The van der Waals surface area contributed by atoms with Crippen molar-refractivity contribution in [2.24, 2.45) is 5.73 Å². The summed E-state index contributed by atoms with van der Waals surface area (Å²) in [4.78, 5) is 93.3. The number of urea groups is 1. The van der Waals surface area contributed by atoms with Gasteiger partial charge in [-0.1, -0.05) is 19.3 Å². The number of phosphoric ester groups is 2. The number of nitrogens with one attached hydrogen (secondary N) is 6. The van der Waals surface area contributed by atoms with Crippen LogP contribution in [0.25, 0.3) is 11.2 Å². The molecule has 14 N–H and O–H groups in total. The highest BCUT2D eigenvalue weighted by molar-refractivity contribution is 8.00. The van der Waals surface area contributed by atoms with Gasteiger partial charge in [-0.3, -0.25) is 32.8 Å². The number of aliphatic hydroxyl groups excluding tert-OH is 4. The van der Waals surface area contributed by atoms with Crippen LogP contribution in [0.1, 0.15) is 99.9 Å². The van der Waals surface area contributed by atoms with E-state index in [1.165, 1.54) is 46.3 Å². The van der Waals surface area contributed by atoms with Gasteiger partial charge in [-0.05, 0) is 44.6 Å². The first kappa shape index (κ1) is 60.7. The maximum Gasteiger partial charge on any atom is 0.481 e. The van der Waals surface area contributed by atoms with E-state index in [4.69, 9.17) is 24.3 Å². The summed E-state index contributed by atoms with van der Waals surface area (Å²) in [6.45, 7) is -0.300. The lowest BCUT2D eigenvalue weighted by molar-refractivity contribution is -0.765. The van der Waals surface area contributed by atoms with Crippen molar-refractivity contribution in [1.29, 1.82) is 0 Å². The Balaban J connectivity index is 0.716. The highest BCUT2D eigenvalue weighted by atomic mass is 32.2. The first-order valence-corrected chi connectivity index (χ1v) is 29.7. The Morgan fingerprint density at radius 2 is 1.40 bits per heavy atom. The molecule has 4 aliphatic rings. The van der Waals surface area contributed by atoms with Crippen LogP contribution in [-0.2, 0) is 46.3 Å². The fourth-order valence-corrected chi connectivity index (χ4v) is 12.9. The molecule has 0 bridgehead atoms. The number of imidazole rings is 1. The van der Waals surface area contributed by atoms with Gasteiger partial charge in [-0.15, -0.1) is 0 Å². The van der Waals surface area contributed by atoms with Crippen LogP contribution < -0.4 is 42.2 Å². The monoisotopic (exact) mass is 1160 g/mol. The summed E-state index contributed by atoms with van der Waals surface area (Å²) >= 11 is 1.87. The van der Waals surface area contributed by atoms with E-state index in [0.29, 0.717) is 44.0 Å². The molecular weight excluding hydrogens is 1090 g/mol. The number of nitrogens with zero attached hydrogens (tertiary/aromatic N) is 5. The minimum Gasteiger partial charge on any atom is -0.387 e. The number of unbranched alkanes of at least 4 members (excludes halogenated alkanes) is 5. The lowest BCUT2D eigenvalue weighted by Gasteiger charge is -2.20. The van der Waals surface area contributed by atoms with Crippen LogP contribution in [-0.4, -0.2) is 178 Å². The average Bonchev–Trinajstić information content (AvgIpc) is 4.35. The summed E-state index contributed by atoms with van der Waals surface area (Å²) in [7, 11) is -10.9. The SMILES string of the molecule is NC(=O)c1ccc[n+](C2OC(COP(=O)(O)OP(=O)(O)OCC3OC(n4cnc5c(NCCNC(=O)CCCCCNC(=O)CCCCCNC(=O)CCCCC6SCC7NC(=O)NC76)ncnc54)C(O)C3O)C(O)C2O)c1. The van der Waals surface area contributed by atoms with Gasteiger partial charge in [-0.2, -0.15) is 20.6 Å². The van der Waals surface area contributed by atoms with Gasteiger partial charge in [0.15, 0.2) is 41.7 Å². The normalized spacial score (nSPS) is 27.1. The molecule has 13 unspecified atom stereocenters. The summed E-state index contributed by atoms with van der Waals surface area (Å²) in [5, 5.41) is 60.8. The molecule has 7 heterocycles. The number of thioether (sulfide) groups is 1. The molecule has 4 aliphatic heterocycles. The third kappa shape index (κ3) is 17.0. The minimum absolute atomic E-state index is 0.0311. The number of anilines is 1.